The van der Waals surface area contributed by atoms with E-state index in [1.165, 1.54) is 10.5 Å². The first-order valence-corrected chi connectivity index (χ1v) is 9.47. The Morgan fingerprint density at radius 2 is 2.04 bits per heavy atom. The molecule has 136 valence electrons. The molecule has 3 aromatic rings. The average molecular weight is 376 g/mol. The molecule has 11 heteroatoms. The number of nitrogens with zero attached hydrogens (tertiary/aromatic N) is 6. The molecule has 0 spiro atoms. The molecule has 0 unspecified atom stereocenters. The first kappa shape index (κ1) is 16.7. The lowest BCUT2D eigenvalue weighted by Crippen LogP contribution is -2.41. The second kappa shape index (κ2) is 6.84. The van der Waals surface area contributed by atoms with Crippen LogP contribution in [0, 0.1) is 0 Å². The first-order chi connectivity index (χ1) is 12.6. The lowest BCUT2D eigenvalue weighted by molar-refractivity contribution is 0.128. The highest BCUT2D eigenvalue weighted by atomic mass is 32.2. The smallest absolute Gasteiger partial charge is 0.247 e. The second-order valence-corrected chi connectivity index (χ2v) is 7.70. The van der Waals surface area contributed by atoms with E-state index in [4.69, 9.17) is 4.74 Å². The van der Waals surface area contributed by atoms with Crippen LogP contribution in [0.25, 0.3) is 5.82 Å². The minimum Gasteiger partial charge on any atom is -0.473 e. The topological polar surface area (TPSA) is 116 Å². The molecule has 10 nitrogen and oxygen atoms in total. The Bertz CT molecular complexity index is 933. The Morgan fingerprint density at radius 1 is 1.19 bits per heavy atom. The number of piperidine rings is 1. The predicted octanol–water partition coefficient (Wildman–Crippen LogP) is 0.882. The molecular formula is C15H16N6O4S. The fraction of sp³-hybridized carbons (Fsp3) is 0.333. The van der Waals surface area contributed by atoms with E-state index >= 15 is 0 Å². The van der Waals surface area contributed by atoms with E-state index in [1.54, 1.807) is 35.3 Å². The van der Waals surface area contributed by atoms with Crippen molar-refractivity contribution in [2.24, 2.45) is 0 Å². The zero-order valence-electron chi connectivity index (χ0n) is 13.7. The summed E-state index contributed by atoms with van der Waals surface area (Å²) in [5.74, 6) is 0.998. The summed E-state index contributed by atoms with van der Waals surface area (Å²) in [7, 11) is -3.56. The SMILES string of the molecule is O=S(=O)(c1cnoc1)N1CCC(Oc2ccc(-n3cccn3)nn2)CC1. The van der Waals surface area contributed by atoms with Gasteiger partial charge in [0.15, 0.2) is 5.82 Å². The number of hydrogen-bond donors (Lipinski definition) is 0. The number of rotatable bonds is 5. The van der Waals surface area contributed by atoms with Crippen molar-refractivity contribution < 1.29 is 17.7 Å². The Kier molecular flexibility index (Phi) is 4.39. The van der Waals surface area contributed by atoms with Gasteiger partial charge in [-0.05, 0) is 25.0 Å². The van der Waals surface area contributed by atoms with Crippen LogP contribution in [0.3, 0.4) is 0 Å². The Morgan fingerprint density at radius 3 is 2.65 bits per heavy atom. The molecule has 3 aromatic heterocycles. The highest BCUT2D eigenvalue weighted by Gasteiger charge is 2.31. The molecule has 0 radical (unpaired) electrons. The third-order valence-corrected chi connectivity index (χ3v) is 5.94. The van der Waals surface area contributed by atoms with Gasteiger partial charge >= 0.3 is 0 Å². The fourth-order valence-corrected chi connectivity index (χ4v) is 4.07. The van der Waals surface area contributed by atoms with E-state index in [0.29, 0.717) is 37.6 Å². The molecule has 0 aromatic carbocycles. The van der Waals surface area contributed by atoms with Crippen LogP contribution in [0.4, 0.5) is 0 Å². The van der Waals surface area contributed by atoms with Gasteiger partial charge in [0, 0.05) is 31.5 Å². The van der Waals surface area contributed by atoms with Gasteiger partial charge in [0.2, 0.25) is 15.9 Å². The molecule has 1 aliphatic heterocycles. The standard InChI is InChI=1S/C15H16N6O4S/c22-26(23,13-10-17-24-11-13)20-8-4-12(5-9-20)25-15-3-2-14(18-19-15)21-7-1-6-16-21/h1-3,6-7,10-12H,4-5,8-9H2. The predicted molar refractivity (Wildman–Crippen MR) is 88.1 cm³/mol. The van der Waals surface area contributed by atoms with E-state index in [-0.39, 0.29) is 11.0 Å². The van der Waals surface area contributed by atoms with Crippen LogP contribution in [0.2, 0.25) is 0 Å². The van der Waals surface area contributed by atoms with Gasteiger partial charge in [-0.2, -0.15) is 9.40 Å². The van der Waals surface area contributed by atoms with E-state index in [9.17, 15) is 8.42 Å². The van der Waals surface area contributed by atoms with Gasteiger partial charge < -0.3 is 9.26 Å². The first-order valence-electron chi connectivity index (χ1n) is 8.03. The molecule has 26 heavy (non-hydrogen) atoms. The molecule has 4 rings (SSSR count). The zero-order valence-corrected chi connectivity index (χ0v) is 14.5. The summed E-state index contributed by atoms with van der Waals surface area (Å²) in [4.78, 5) is 0.0666. The quantitative estimate of drug-likeness (QED) is 0.644. The largest absolute Gasteiger partial charge is 0.473 e. The third kappa shape index (κ3) is 3.30. The van der Waals surface area contributed by atoms with Gasteiger partial charge in [-0.1, -0.05) is 5.16 Å². The van der Waals surface area contributed by atoms with Gasteiger partial charge in [-0.15, -0.1) is 10.2 Å². The Labute approximate surface area is 149 Å². The molecule has 1 aliphatic rings. The maximum atomic E-state index is 12.4. The third-order valence-electron chi connectivity index (χ3n) is 4.10. The van der Waals surface area contributed by atoms with Crippen LogP contribution in [0.1, 0.15) is 12.8 Å². The van der Waals surface area contributed by atoms with E-state index < -0.39 is 10.0 Å². The van der Waals surface area contributed by atoms with E-state index in [1.807, 2.05) is 0 Å². The van der Waals surface area contributed by atoms with Crippen molar-refractivity contribution in [2.45, 2.75) is 23.8 Å². The van der Waals surface area contributed by atoms with E-state index in [2.05, 4.69) is 25.0 Å². The van der Waals surface area contributed by atoms with Crippen molar-refractivity contribution in [3.63, 3.8) is 0 Å². The summed E-state index contributed by atoms with van der Waals surface area (Å²) in [6.07, 6.45) is 6.78. The van der Waals surface area contributed by atoms with Crippen LogP contribution < -0.4 is 4.74 Å². The summed E-state index contributed by atoms with van der Waals surface area (Å²) in [5, 5.41) is 15.7. The summed E-state index contributed by atoms with van der Waals surface area (Å²) < 4.78 is 38.3. The lowest BCUT2D eigenvalue weighted by atomic mass is 10.1. The highest BCUT2D eigenvalue weighted by Crippen LogP contribution is 2.22. The van der Waals surface area contributed by atoms with Crippen molar-refractivity contribution in [1.29, 1.82) is 0 Å². The molecule has 0 saturated carbocycles. The van der Waals surface area contributed by atoms with Gasteiger partial charge in [0.1, 0.15) is 17.3 Å². The van der Waals surface area contributed by atoms with Crippen LogP contribution in [0.5, 0.6) is 5.88 Å². The molecule has 4 heterocycles. The Hall–Kier alpha value is -2.79. The summed E-state index contributed by atoms with van der Waals surface area (Å²) >= 11 is 0. The summed E-state index contributed by atoms with van der Waals surface area (Å²) in [6.45, 7) is 0.716. The van der Waals surface area contributed by atoms with E-state index in [0.717, 1.165) is 6.26 Å². The fourth-order valence-electron chi connectivity index (χ4n) is 2.74. The number of hydrogen-bond acceptors (Lipinski definition) is 8. The summed E-state index contributed by atoms with van der Waals surface area (Å²) in [6, 6.07) is 5.29. The summed E-state index contributed by atoms with van der Waals surface area (Å²) in [5.41, 5.74) is 0. The van der Waals surface area contributed by atoms with Crippen LogP contribution >= 0.6 is 0 Å². The molecular weight excluding hydrogens is 360 g/mol. The van der Waals surface area contributed by atoms with Gasteiger partial charge in [0.05, 0.1) is 6.20 Å². The number of sulfonamides is 1. The molecule has 0 aliphatic carbocycles. The Balaban J connectivity index is 1.35. The van der Waals surface area contributed by atoms with Gasteiger partial charge in [0.25, 0.3) is 0 Å². The molecule has 0 N–H and O–H groups in total. The van der Waals surface area contributed by atoms with Crippen molar-refractivity contribution in [1.82, 2.24) is 29.4 Å². The molecule has 0 bridgehead atoms. The molecule has 1 fully saturated rings. The molecule has 0 atom stereocenters. The van der Waals surface area contributed by atoms with Crippen molar-refractivity contribution in [3.05, 3.63) is 43.1 Å². The minimum atomic E-state index is -3.56. The molecule has 0 amide bonds. The van der Waals surface area contributed by atoms with Crippen molar-refractivity contribution in [3.8, 4) is 11.7 Å². The normalized spacial score (nSPS) is 16.6. The number of aromatic nitrogens is 5. The monoisotopic (exact) mass is 376 g/mol. The number of ether oxygens (including phenoxy) is 1. The van der Waals surface area contributed by atoms with Crippen molar-refractivity contribution in [2.75, 3.05) is 13.1 Å². The molecule has 1 saturated heterocycles. The maximum absolute atomic E-state index is 12.4. The van der Waals surface area contributed by atoms with Gasteiger partial charge in [-0.3, -0.25) is 0 Å². The second-order valence-electron chi connectivity index (χ2n) is 5.76. The van der Waals surface area contributed by atoms with Crippen LogP contribution in [-0.2, 0) is 10.0 Å². The maximum Gasteiger partial charge on any atom is 0.247 e. The van der Waals surface area contributed by atoms with Crippen LogP contribution in [-0.4, -0.2) is 57.1 Å². The lowest BCUT2D eigenvalue weighted by Gasteiger charge is -2.30. The average Bonchev–Trinajstić information content (AvgIpc) is 3.37. The minimum absolute atomic E-state index is 0.0666. The zero-order chi connectivity index (χ0) is 18.0. The van der Waals surface area contributed by atoms with Crippen molar-refractivity contribution >= 4 is 10.0 Å². The highest BCUT2D eigenvalue weighted by molar-refractivity contribution is 7.89. The van der Waals surface area contributed by atoms with Crippen LogP contribution in [0.15, 0.2) is 52.5 Å². The van der Waals surface area contributed by atoms with Gasteiger partial charge in [-0.25, -0.2) is 13.1 Å².